The summed E-state index contributed by atoms with van der Waals surface area (Å²) >= 11 is 0.946. The van der Waals surface area contributed by atoms with Gasteiger partial charge in [-0.2, -0.15) is 4.31 Å². The van der Waals surface area contributed by atoms with Crippen LogP contribution in [0.1, 0.15) is 32.6 Å². The van der Waals surface area contributed by atoms with E-state index in [0.717, 1.165) is 37.0 Å². The average Bonchev–Trinajstić information content (AvgIpc) is 2.91. The van der Waals surface area contributed by atoms with E-state index in [9.17, 15) is 18.5 Å². The number of anilines is 1. The number of hydrogen-bond donors (Lipinski definition) is 1. The van der Waals surface area contributed by atoms with E-state index < -0.39 is 14.9 Å². The molecule has 1 aromatic rings. The molecule has 1 N–H and O–H groups in total. The molecule has 1 aliphatic rings. The van der Waals surface area contributed by atoms with E-state index >= 15 is 0 Å². The van der Waals surface area contributed by atoms with E-state index in [1.54, 1.807) is 0 Å². The summed E-state index contributed by atoms with van der Waals surface area (Å²) in [6, 6.07) is 1.17. The van der Waals surface area contributed by atoms with Gasteiger partial charge in [0.1, 0.15) is 4.21 Å². The zero-order valence-electron chi connectivity index (χ0n) is 11.9. The predicted octanol–water partition coefficient (Wildman–Crippen LogP) is 2.65. The summed E-state index contributed by atoms with van der Waals surface area (Å²) in [6.45, 7) is 3.50. The molecule has 0 atom stereocenters. The molecule has 0 aromatic carbocycles. The summed E-state index contributed by atoms with van der Waals surface area (Å²) in [7, 11) is -3.61. The molecule has 7 nitrogen and oxygen atoms in total. The number of rotatable bonds is 6. The SMILES string of the molecule is CCCNc1sc(S(=O)(=O)N2CCCCC2)cc1[N+](=O)[O-]. The van der Waals surface area contributed by atoms with Crippen molar-refractivity contribution in [2.24, 2.45) is 0 Å². The van der Waals surface area contributed by atoms with E-state index in [0.29, 0.717) is 24.6 Å². The Morgan fingerprint density at radius 1 is 1.38 bits per heavy atom. The number of nitro groups is 1. The molecule has 2 rings (SSSR count). The first-order valence-corrected chi connectivity index (χ1v) is 9.24. The lowest BCUT2D eigenvalue weighted by Crippen LogP contribution is -2.35. The molecule has 2 heterocycles. The minimum atomic E-state index is -3.61. The van der Waals surface area contributed by atoms with Gasteiger partial charge >= 0.3 is 5.69 Å². The number of piperidine rings is 1. The van der Waals surface area contributed by atoms with E-state index in [1.165, 1.54) is 10.4 Å². The molecule has 118 valence electrons. The maximum absolute atomic E-state index is 12.5. The lowest BCUT2D eigenvalue weighted by atomic mass is 10.2. The fraction of sp³-hybridized carbons (Fsp3) is 0.667. The highest BCUT2D eigenvalue weighted by Gasteiger charge is 2.31. The highest BCUT2D eigenvalue weighted by Crippen LogP contribution is 2.38. The van der Waals surface area contributed by atoms with Crippen LogP contribution in [-0.2, 0) is 10.0 Å². The van der Waals surface area contributed by atoms with Crippen molar-refractivity contribution in [3.63, 3.8) is 0 Å². The van der Waals surface area contributed by atoms with Gasteiger partial charge in [0.2, 0.25) is 0 Å². The molecule has 0 unspecified atom stereocenters. The van der Waals surface area contributed by atoms with Crippen molar-refractivity contribution >= 4 is 32.0 Å². The number of thiophene rings is 1. The second-order valence-electron chi connectivity index (χ2n) is 4.93. The van der Waals surface area contributed by atoms with Gasteiger partial charge < -0.3 is 5.32 Å². The Labute approximate surface area is 128 Å². The van der Waals surface area contributed by atoms with Crippen LogP contribution in [0, 0.1) is 10.1 Å². The summed E-state index contributed by atoms with van der Waals surface area (Å²) in [6.07, 6.45) is 3.52. The van der Waals surface area contributed by atoms with E-state index in [4.69, 9.17) is 0 Å². The van der Waals surface area contributed by atoms with Gasteiger partial charge in [-0.25, -0.2) is 8.42 Å². The molecule has 1 aliphatic heterocycles. The van der Waals surface area contributed by atoms with Crippen molar-refractivity contribution in [1.82, 2.24) is 4.31 Å². The van der Waals surface area contributed by atoms with Crippen LogP contribution < -0.4 is 5.32 Å². The van der Waals surface area contributed by atoms with Gasteiger partial charge in [-0.05, 0) is 19.3 Å². The fourth-order valence-corrected chi connectivity index (χ4v) is 5.25. The third-order valence-electron chi connectivity index (χ3n) is 3.33. The Morgan fingerprint density at radius 3 is 2.62 bits per heavy atom. The Hall–Kier alpha value is -1.19. The first-order valence-electron chi connectivity index (χ1n) is 6.99. The summed E-state index contributed by atoms with van der Waals surface area (Å²) in [4.78, 5) is 10.5. The second-order valence-corrected chi connectivity index (χ2v) is 8.15. The topological polar surface area (TPSA) is 92.6 Å². The molecule has 0 spiro atoms. The van der Waals surface area contributed by atoms with Gasteiger partial charge in [-0.3, -0.25) is 10.1 Å². The molecule has 1 aromatic heterocycles. The zero-order valence-corrected chi connectivity index (χ0v) is 13.5. The smallest absolute Gasteiger partial charge is 0.304 e. The zero-order chi connectivity index (χ0) is 15.5. The summed E-state index contributed by atoms with van der Waals surface area (Å²) in [5.41, 5.74) is -0.163. The van der Waals surface area contributed by atoms with Gasteiger partial charge in [-0.1, -0.05) is 24.7 Å². The van der Waals surface area contributed by atoms with Gasteiger partial charge in [0, 0.05) is 25.7 Å². The van der Waals surface area contributed by atoms with Gasteiger partial charge in [0.25, 0.3) is 10.0 Å². The summed E-state index contributed by atoms with van der Waals surface area (Å²) < 4.78 is 26.5. The standard InChI is InChI=1S/C12H19N3O4S2/c1-2-6-13-12-10(15(16)17)9-11(20-12)21(18,19)14-7-4-3-5-8-14/h9,13H,2-8H2,1H3. The lowest BCUT2D eigenvalue weighted by Gasteiger charge is -2.24. The minimum absolute atomic E-state index is 0.0507. The van der Waals surface area contributed by atoms with Crippen LogP contribution >= 0.6 is 11.3 Å². The molecule has 1 fully saturated rings. The minimum Gasteiger partial charge on any atom is -0.371 e. The van der Waals surface area contributed by atoms with Crippen molar-refractivity contribution in [1.29, 1.82) is 0 Å². The van der Waals surface area contributed by atoms with Crippen LogP contribution in [0.15, 0.2) is 10.3 Å². The van der Waals surface area contributed by atoms with Gasteiger partial charge in [0.05, 0.1) is 4.92 Å². The number of nitrogens with one attached hydrogen (secondary N) is 1. The number of nitrogens with zero attached hydrogens (tertiary/aromatic N) is 2. The number of sulfonamides is 1. The number of hydrogen-bond acceptors (Lipinski definition) is 6. The molecule has 21 heavy (non-hydrogen) atoms. The third kappa shape index (κ3) is 3.53. The Morgan fingerprint density at radius 2 is 2.05 bits per heavy atom. The first kappa shape index (κ1) is 16.2. The molecular formula is C12H19N3O4S2. The van der Waals surface area contributed by atoms with Crippen LogP contribution in [-0.4, -0.2) is 37.3 Å². The summed E-state index contributed by atoms with van der Waals surface area (Å²) in [5.74, 6) is 0. The lowest BCUT2D eigenvalue weighted by molar-refractivity contribution is -0.383. The monoisotopic (exact) mass is 333 g/mol. The van der Waals surface area contributed by atoms with Gasteiger partial charge in [-0.15, -0.1) is 0 Å². The maximum atomic E-state index is 12.5. The Kier molecular flexibility index (Phi) is 5.17. The van der Waals surface area contributed by atoms with Crippen molar-refractivity contribution in [2.45, 2.75) is 36.8 Å². The molecule has 0 saturated carbocycles. The third-order valence-corrected chi connectivity index (χ3v) is 6.76. The van der Waals surface area contributed by atoms with Crippen LogP contribution in [0.3, 0.4) is 0 Å². The molecule has 9 heteroatoms. The van der Waals surface area contributed by atoms with Crippen LogP contribution in [0.5, 0.6) is 0 Å². The van der Waals surface area contributed by atoms with Gasteiger partial charge in [0.15, 0.2) is 5.00 Å². The molecule has 1 saturated heterocycles. The van der Waals surface area contributed by atoms with Crippen molar-refractivity contribution in [3.8, 4) is 0 Å². The highest BCUT2D eigenvalue weighted by atomic mass is 32.2. The van der Waals surface area contributed by atoms with Crippen molar-refractivity contribution < 1.29 is 13.3 Å². The maximum Gasteiger partial charge on any atom is 0.304 e. The average molecular weight is 333 g/mol. The molecule has 0 radical (unpaired) electrons. The first-order chi connectivity index (χ1) is 9.96. The molecular weight excluding hydrogens is 314 g/mol. The normalized spacial score (nSPS) is 16.8. The van der Waals surface area contributed by atoms with E-state index in [-0.39, 0.29) is 9.90 Å². The highest BCUT2D eigenvalue weighted by molar-refractivity contribution is 7.91. The largest absolute Gasteiger partial charge is 0.371 e. The van der Waals surface area contributed by atoms with Crippen LogP contribution in [0.2, 0.25) is 0 Å². The summed E-state index contributed by atoms with van der Waals surface area (Å²) in [5, 5.41) is 14.3. The van der Waals surface area contributed by atoms with E-state index in [2.05, 4.69) is 5.32 Å². The second kappa shape index (κ2) is 6.71. The molecule has 0 bridgehead atoms. The van der Waals surface area contributed by atoms with Crippen molar-refractivity contribution in [2.75, 3.05) is 25.0 Å². The molecule has 0 aliphatic carbocycles. The van der Waals surface area contributed by atoms with Crippen LogP contribution in [0.25, 0.3) is 0 Å². The van der Waals surface area contributed by atoms with Crippen LogP contribution in [0.4, 0.5) is 10.7 Å². The Bertz CT molecular complexity index is 606. The quantitative estimate of drug-likeness (QED) is 0.638. The predicted molar refractivity (Wildman–Crippen MR) is 82.4 cm³/mol. The fourth-order valence-electron chi connectivity index (χ4n) is 2.22. The molecule has 0 amide bonds. The van der Waals surface area contributed by atoms with Crippen molar-refractivity contribution in [3.05, 3.63) is 16.2 Å². The Balaban J connectivity index is 2.32. The van der Waals surface area contributed by atoms with E-state index in [1.807, 2.05) is 6.92 Å².